The van der Waals surface area contributed by atoms with Crippen molar-refractivity contribution in [2.24, 2.45) is 11.8 Å². The number of fused-ring (bicyclic) bond motifs is 1. The lowest BCUT2D eigenvalue weighted by atomic mass is 9.74. The summed E-state index contributed by atoms with van der Waals surface area (Å²) in [5.74, 6) is -0.844. The summed E-state index contributed by atoms with van der Waals surface area (Å²) in [5, 5.41) is 3.05. The van der Waals surface area contributed by atoms with Crippen LogP contribution >= 0.6 is 0 Å². The zero-order chi connectivity index (χ0) is 20.3. The second-order valence-corrected chi connectivity index (χ2v) is 8.27. The van der Waals surface area contributed by atoms with E-state index in [0.29, 0.717) is 32.6 Å². The fourth-order valence-corrected chi connectivity index (χ4v) is 4.78. The first-order valence-corrected chi connectivity index (χ1v) is 10.5. The summed E-state index contributed by atoms with van der Waals surface area (Å²) in [6.07, 6.45) is 7.05. The van der Waals surface area contributed by atoms with Gasteiger partial charge in [-0.15, -0.1) is 0 Å². The zero-order valence-electron chi connectivity index (χ0n) is 16.6. The summed E-state index contributed by atoms with van der Waals surface area (Å²) in [6.45, 7) is 2.06. The van der Waals surface area contributed by atoms with Gasteiger partial charge in [-0.2, -0.15) is 0 Å². The highest BCUT2D eigenvalue weighted by atomic mass is 16.5. The van der Waals surface area contributed by atoms with E-state index in [1.807, 2.05) is 30.4 Å². The van der Waals surface area contributed by atoms with Gasteiger partial charge in [-0.25, -0.2) is 0 Å². The average molecular weight is 396 g/mol. The average Bonchev–Trinajstić information content (AvgIpc) is 3.02. The molecule has 3 amide bonds. The Balaban J connectivity index is 1.34. The lowest BCUT2D eigenvalue weighted by Gasteiger charge is -2.38. The summed E-state index contributed by atoms with van der Waals surface area (Å²) in [7, 11) is 0. The van der Waals surface area contributed by atoms with E-state index in [-0.39, 0.29) is 47.9 Å². The Kier molecular flexibility index (Phi) is 5.81. The molecule has 4 rings (SSSR count). The molecule has 0 unspecified atom stereocenters. The largest absolute Gasteiger partial charge is 0.381 e. The van der Waals surface area contributed by atoms with Gasteiger partial charge in [0.05, 0.1) is 11.8 Å². The summed E-state index contributed by atoms with van der Waals surface area (Å²) < 4.78 is 5.54. The summed E-state index contributed by atoms with van der Waals surface area (Å²) in [4.78, 5) is 38.9. The number of allylic oxidation sites excluding steroid dienone is 2. The Bertz CT molecular complexity index is 772. The van der Waals surface area contributed by atoms with E-state index in [0.717, 1.165) is 12.8 Å². The van der Waals surface area contributed by atoms with Gasteiger partial charge in [0.1, 0.15) is 0 Å². The monoisotopic (exact) mass is 396 g/mol. The number of carbonyl (C=O) groups excluding carboxylic acids is 3. The van der Waals surface area contributed by atoms with Gasteiger partial charge in [0, 0.05) is 38.1 Å². The number of benzene rings is 1. The lowest BCUT2D eigenvalue weighted by molar-refractivity contribution is -0.140. The number of amides is 3. The van der Waals surface area contributed by atoms with Crippen molar-refractivity contribution in [2.75, 3.05) is 26.3 Å². The van der Waals surface area contributed by atoms with Gasteiger partial charge in [-0.3, -0.25) is 19.3 Å². The van der Waals surface area contributed by atoms with Crippen LogP contribution in [0.2, 0.25) is 0 Å². The molecule has 1 aromatic rings. The van der Waals surface area contributed by atoms with Crippen LogP contribution in [0.15, 0.2) is 42.5 Å². The van der Waals surface area contributed by atoms with Crippen LogP contribution in [0.1, 0.15) is 37.7 Å². The van der Waals surface area contributed by atoms with Gasteiger partial charge in [0.2, 0.25) is 17.7 Å². The number of hydrogen-bond donors (Lipinski definition) is 1. The Morgan fingerprint density at radius 2 is 1.66 bits per heavy atom. The lowest BCUT2D eigenvalue weighted by Crippen LogP contribution is -2.45. The van der Waals surface area contributed by atoms with E-state index in [9.17, 15) is 14.4 Å². The molecule has 154 valence electrons. The van der Waals surface area contributed by atoms with Crippen molar-refractivity contribution in [1.82, 2.24) is 10.2 Å². The molecule has 0 spiro atoms. The normalized spacial score (nSPS) is 25.7. The molecule has 0 bridgehead atoms. The van der Waals surface area contributed by atoms with Crippen LogP contribution in [0, 0.1) is 11.8 Å². The predicted molar refractivity (Wildman–Crippen MR) is 108 cm³/mol. The van der Waals surface area contributed by atoms with E-state index < -0.39 is 0 Å². The second-order valence-electron chi connectivity index (χ2n) is 8.27. The number of likely N-dealkylation sites (tertiary alicyclic amines) is 1. The van der Waals surface area contributed by atoms with E-state index in [1.54, 1.807) is 0 Å². The van der Waals surface area contributed by atoms with Crippen molar-refractivity contribution in [2.45, 2.75) is 37.5 Å². The van der Waals surface area contributed by atoms with Crippen molar-refractivity contribution >= 4 is 17.7 Å². The molecule has 3 aliphatic rings. The summed E-state index contributed by atoms with van der Waals surface area (Å²) in [6, 6.07) is 10.2. The molecule has 1 aromatic carbocycles. The van der Waals surface area contributed by atoms with Gasteiger partial charge >= 0.3 is 0 Å². The predicted octanol–water partition coefficient (Wildman–Crippen LogP) is 2.19. The topological polar surface area (TPSA) is 75.7 Å². The van der Waals surface area contributed by atoms with Crippen molar-refractivity contribution in [3.05, 3.63) is 48.0 Å². The van der Waals surface area contributed by atoms with Gasteiger partial charge in [-0.05, 0) is 31.2 Å². The first kappa shape index (κ1) is 19.8. The number of imide groups is 1. The third kappa shape index (κ3) is 3.99. The van der Waals surface area contributed by atoms with Crippen LogP contribution in [-0.2, 0) is 24.5 Å². The van der Waals surface area contributed by atoms with E-state index in [2.05, 4.69) is 17.4 Å². The van der Waals surface area contributed by atoms with Crippen LogP contribution < -0.4 is 5.32 Å². The minimum atomic E-state index is -0.237. The molecule has 1 N–H and O–H groups in total. The third-order valence-electron chi connectivity index (χ3n) is 6.62. The zero-order valence-corrected chi connectivity index (χ0v) is 16.6. The van der Waals surface area contributed by atoms with Crippen molar-refractivity contribution < 1.29 is 19.1 Å². The molecule has 0 saturated carbocycles. The third-order valence-corrected chi connectivity index (χ3v) is 6.62. The maximum atomic E-state index is 12.5. The minimum absolute atomic E-state index is 0.123. The SMILES string of the molecule is O=C(CCN1C(=O)[C@H]2CC=CC[C@H]2C1=O)NCC1(c2ccccc2)CCOCC1. The maximum absolute atomic E-state index is 12.5. The number of carbonyl (C=O) groups is 3. The Hall–Kier alpha value is -2.47. The van der Waals surface area contributed by atoms with Gasteiger partial charge in [-0.1, -0.05) is 42.5 Å². The molecule has 2 aliphatic heterocycles. The van der Waals surface area contributed by atoms with Crippen molar-refractivity contribution in [3.63, 3.8) is 0 Å². The molecule has 1 aliphatic carbocycles. The first-order chi connectivity index (χ1) is 14.1. The Morgan fingerprint density at radius 3 is 2.28 bits per heavy atom. The van der Waals surface area contributed by atoms with E-state index >= 15 is 0 Å². The fraction of sp³-hybridized carbons (Fsp3) is 0.522. The van der Waals surface area contributed by atoms with Crippen LogP contribution in [-0.4, -0.2) is 48.9 Å². The number of nitrogens with zero attached hydrogens (tertiary/aromatic N) is 1. The van der Waals surface area contributed by atoms with Crippen LogP contribution in [0.3, 0.4) is 0 Å². The highest BCUT2D eigenvalue weighted by molar-refractivity contribution is 6.05. The van der Waals surface area contributed by atoms with Crippen LogP contribution in [0.4, 0.5) is 0 Å². The molecule has 2 fully saturated rings. The highest BCUT2D eigenvalue weighted by Crippen LogP contribution is 2.35. The summed E-state index contributed by atoms with van der Waals surface area (Å²) >= 11 is 0. The van der Waals surface area contributed by atoms with Crippen LogP contribution in [0.25, 0.3) is 0 Å². The number of nitrogens with one attached hydrogen (secondary N) is 1. The molecule has 2 saturated heterocycles. The molecule has 0 aromatic heterocycles. The highest BCUT2D eigenvalue weighted by Gasteiger charge is 2.47. The molecule has 2 heterocycles. The van der Waals surface area contributed by atoms with Gasteiger partial charge in [0.25, 0.3) is 0 Å². The smallest absolute Gasteiger partial charge is 0.233 e. The second kappa shape index (κ2) is 8.49. The first-order valence-electron chi connectivity index (χ1n) is 10.5. The number of rotatable bonds is 6. The van der Waals surface area contributed by atoms with Crippen LogP contribution in [0.5, 0.6) is 0 Å². The number of hydrogen-bond acceptors (Lipinski definition) is 4. The Labute approximate surface area is 171 Å². The van der Waals surface area contributed by atoms with Gasteiger partial charge < -0.3 is 10.1 Å². The van der Waals surface area contributed by atoms with E-state index in [1.165, 1.54) is 10.5 Å². The standard InChI is InChI=1S/C23H28N2O4/c26-20(10-13-25-21(27)18-8-4-5-9-19(18)22(25)28)24-16-23(11-14-29-15-12-23)17-6-2-1-3-7-17/h1-7,18-19H,8-16H2,(H,24,26)/t18-,19+. The van der Waals surface area contributed by atoms with Crippen molar-refractivity contribution in [1.29, 1.82) is 0 Å². The van der Waals surface area contributed by atoms with Gasteiger partial charge in [0.15, 0.2) is 0 Å². The molecule has 0 radical (unpaired) electrons. The fourth-order valence-electron chi connectivity index (χ4n) is 4.78. The number of ether oxygens (including phenoxy) is 1. The Morgan fingerprint density at radius 1 is 1.03 bits per heavy atom. The molecule has 6 heteroatoms. The quantitative estimate of drug-likeness (QED) is 0.591. The molecular weight excluding hydrogens is 368 g/mol. The molecule has 29 heavy (non-hydrogen) atoms. The molecule has 2 atom stereocenters. The minimum Gasteiger partial charge on any atom is -0.381 e. The maximum Gasteiger partial charge on any atom is 0.233 e. The molecular formula is C23H28N2O4. The van der Waals surface area contributed by atoms with E-state index in [4.69, 9.17) is 4.74 Å². The molecule has 6 nitrogen and oxygen atoms in total. The summed E-state index contributed by atoms with van der Waals surface area (Å²) in [5.41, 5.74) is 1.08. The van der Waals surface area contributed by atoms with Crippen molar-refractivity contribution in [3.8, 4) is 0 Å².